The number of hydrogen-bond acceptors (Lipinski definition) is 5. The minimum absolute atomic E-state index is 0.0512. The van der Waals surface area contributed by atoms with Crippen molar-refractivity contribution in [2.24, 2.45) is 0 Å². The predicted octanol–water partition coefficient (Wildman–Crippen LogP) is -0.297. The Morgan fingerprint density at radius 1 is 1.78 bits per heavy atom. The molecule has 1 aliphatic rings. The Bertz CT molecular complexity index is 489. The first-order chi connectivity index (χ1) is 8.42. The van der Waals surface area contributed by atoms with Gasteiger partial charge < -0.3 is 15.6 Å². The number of aromatic nitrogens is 2. The molecule has 0 saturated carbocycles. The maximum atomic E-state index is 14.2. The number of alkyl halides is 1. The van der Waals surface area contributed by atoms with E-state index in [1.165, 1.54) is 23.8 Å². The number of nitrogens with zero attached hydrogens (tertiary/aromatic N) is 2. The van der Waals surface area contributed by atoms with Crippen molar-refractivity contribution in [2.75, 3.05) is 12.3 Å². The third kappa shape index (κ3) is 2.51. The molecule has 100 valence electrons. The van der Waals surface area contributed by atoms with Gasteiger partial charge in [0.2, 0.25) is 0 Å². The van der Waals surface area contributed by atoms with Crippen molar-refractivity contribution in [3.63, 3.8) is 0 Å². The van der Waals surface area contributed by atoms with E-state index in [2.05, 4.69) is 4.98 Å². The highest BCUT2D eigenvalue weighted by Crippen LogP contribution is 2.34. The second-order valence-corrected chi connectivity index (χ2v) is 4.70. The molecule has 1 fully saturated rings. The SMILES string of the molecule is C[C@@]1(F)C[C@@H](CO)OC1Cn1ccc(N)nc1=O. The number of hydrogen-bond donors (Lipinski definition) is 2. The Kier molecular flexibility index (Phi) is 3.36. The fourth-order valence-corrected chi connectivity index (χ4v) is 2.10. The number of anilines is 1. The van der Waals surface area contributed by atoms with Gasteiger partial charge in [0.25, 0.3) is 0 Å². The van der Waals surface area contributed by atoms with Crippen LogP contribution in [-0.4, -0.2) is 39.1 Å². The van der Waals surface area contributed by atoms with Gasteiger partial charge in [0.1, 0.15) is 17.6 Å². The van der Waals surface area contributed by atoms with Crippen LogP contribution in [0.5, 0.6) is 0 Å². The third-order valence-corrected chi connectivity index (χ3v) is 3.12. The van der Waals surface area contributed by atoms with Gasteiger partial charge in [0.05, 0.1) is 19.3 Å². The van der Waals surface area contributed by atoms with Crippen LogP contribution in [0.4, 0.5) is 10.2 Å². The quantitative estimate of drug-likeness (QED) is 0.776. The largest absolute Gasteiger partial charge is 0.394 e. The van der Waals surface area contributed by atoms with Gasteiger partial charge in [-0.25, -0.2) is 9.18 Å². The van der Waals surface area contributed by atoms with Crippen molar-refractivity contribution < 1.29 is 14.2 Å². The second-order valence-electron chi connectivity index (χ2n) is 4.70. The highest BCUT2D eigenvalue weighted by molar-refractivity contribution is 5.23. The van der Waals surface area contributed by atoms with Crippen LogP contribution in [0.3, 0.4) is 0 Å². The lowest BCUT2D eigenvalue weighted by Crippen LogP contribution is -2.37. The van der Waals surface area contributed by atoms with E-state index >= 15 is 0 Å². The zero-order chi connectivity index (χ0) is 13.3. The van der Waals surface area contributed by atoms with Crippen LogP contribution in [0, 0.1) is 0 Å². The molecule has 1 aromatic heterocycles. The molecule has 3 atom stereocenters. The summed E-state index contributed by atoms with van der Waals surface area (Å²) in [5.41, 5.74) is 3.25. The normalized spacial score (nSPS) is 31.7. The minimum Gasteiger partial charge on any atom is -0.394 e. The molecule has 0 amide bonds. The summed E-state index contributed by atoms with van der Waals surface area (Å²) in [4.78, 5) is 15.1. The number of nitrogen functional groups attached to an aromatic ring is 1. The van der Waals surface area contributed by atoms with Gasteiger partial charge in [-0.15, -0.1) is 0 Å². The monoisotopic (exact) mass is 257 g/mol. The first kappa shape index (κ1) is 13.0. The molecular weight excluding hydrogens is 241 g/mol. The first-order valence-electron chi connectivity index (χ1n) is 5.70. The van der Waals surface area contributed by atoms with Crippen LogP contribution in [-0.2, 0) is 11.3 Å². The van der Waals surface area contributed by atoms with Crippen molar-refractivity contribution >= 4 is 5.82 Å². The van der Waals surface area contributed by atoms with E-state index in [1.807, 2.05) is 0 Å². The molecule has 2 heterocycles. The maximum absolute atomic E-state index is 14.2. The van der Waals surface area contributed by atoms with Crippen molar-refractivity contribution in [3.8, 4) is 0 Å². The lowest BCUT2D eigenvalue weighted by atomic mass is 9.98. The van der Waals surface area contributed by atoms with Crippen molar-refractivity contribution in [3.05, 3.63) is 22.7 Å². The van der Waals surface area contributed by atoms with Crippen molar-refractivity contribution in [1.82, 2.24) is 9.55 Å². The number of aliphatic hydroxyl groups is 1. The van der Waals surface area contributed by atoms with Gasteiger partial charge in [-0.3, -0.25) is 4.57 Å². The molecule has 1 aliphatic heterocycles. The molecule has 0 aromatic carbocycles. The third-order valence-electron chi connectivity index (χ3n) is 3.12. The molecule has 3 N–H and O–H groups in total. The van der Waals surface area contributed by atoms with Crippen LogP contribution in [0.25, 0.3) is 0 Å². The van der Waals surface area contributed by atoms with E-state index in [-0.39, 0.29) is 25.4 Å². The fraction of sp³-hybridized carbons (Fsp3) is 0.636. The lowest BCUT2D eigenvalue weighted by molar-refractivity contribution is -0.0239. The average Bonchev–Trinajstić information content (AvgIpc) is 2.58. The van der Waals surface area contributed by atoms with E-state index < -0.39 is 23.6 Å². The summed E-state index contributed by atoms with van der Waals surface area (Å²) < 4.78 is 20.8. The fourth-order valence-electron chi connectivity index (χ4n) is 2.10. The molecule has 0 aliphatic carbocycles. The summed E-state index contributed by atoms with van der Waals surface area (Å²) in [5.74, 6) is 0.125. The predicted molar refractivity (Wildman–Crippen MR) is 62.8 cm³/mol. The summed E-state index contributed by atoms with van der Waals surface area (Å²) in [6, 6.07) is 1.47. The summed E-state index contributed by atoms with van der Waals surface area (Å²) in [5, 5.41) is 8.98. The Morgan fingerprint density at radius 2 is 2.50 bits per heavy atom. The van der Waals surface area contributed by atoms with Gasteiger partial charge in [-0.1, -0.05) is 0 Å². The van der Waals surface area contributed by atoms with Gasteiger partial charge in [-0.05, 0) is 13.0 Å². The summed E-state index contributed by atoms with van der Waals surface area (Å²) in [7, 11) is 0. The van der Waals surface area contributed by atoms with Crippen molar-refractivity contribution in [2.45, 2.75) is 37.8 Å². The highest BCUT2D eigenvalue weighted by atomic mass is 19.1. The van der Waals surface area contributed by atoms with E-state index in [9.17, 15) is 9.18 Å². The van der Waals surface area contributed by atoms with Crippen LogP contribution < -0.4 is 11.4 Å². The van der Waals surface area contributed by atoms with Crippen LogP contribution in [0.15, 0.2) is 17.1 Å². The van der Waals surface area contributed by atoms with Crippen LogP contribution >= 0.6 is 0 Å². The highest BCUT2D eigenvalue weighted by Gasteiger charge is 2.45. The number of ether oxygens (including phenoxy) is 1. The zero-order valence-corrected chi connectivity index (χ0v) is 10.0. The van der Waals surface area contributed by atoms with Crippen LogP contribution in [0.2, 0.25) is 0 Å². The summed E-state index contributed by atoms with van der Waals surface area (Å²) >= 11 is 0. The minimum atomic E-state index is -1.58. The summed E-state index contributed by atoms with van der Waals surface area (Å²) in [6.45, 7) is 1.23. The maximum Gasteiger partial charge on any atom is 0.349 e. The molecule has 1 unspecified atom stereocenters. The smallest absolute Gasteiger partial charge is 0.349 e. The Hall–Kier alpha value is -1.47. The van der Waals surface area contributed by atoms with Gasteiger partial charge >= 0.3 is 5.69 Å². The molecular formula is C11H16FN3O3. The number of aliphatic hydroxyl groups excluding tert-OH is 1. The molecule has 6 nitrogen and oxygen atoms in total. The number of rotatable bonds is 3. The van der Waals surface area contributed by atoms with E-state index in [4.69, 9.17) is 15.6 Å². The molecule has 0 radical (unpaired) electrons. The molecule has 0 bridgehead atoms. The van der Waals surface area contributed by atoms with Gasteiger partial charge in [0.15, 0.2) is 0 Å². The number of halogens is 1. The molecule has 7 heteroatoms. The summed E-state index contributed by atoms with van der Waals surface area (Å²) in [6.07, 6.45) is 0.266. The Labute approximate surface area is 103 Å². The standard InChI is InChI=1S/C11H16FN3O3/c1-11(12)4-7(6-16)18-8(11)5-15-3-2-9(13)14-10(15)17/h2-3,7-8,16H,4-6H2,1H3,(H2,13,14,17)/t7-,8?,11+/m0/s1. The first-order valence-corrected chi connectivity index (χ1v) is 5.70. The molecule has 0 spiro atoms. The topological polar surface area (TPSA) is 90.4 Å². The second kappa shape index (κ2) is 4.66. The van der Waals surface area contributed by atoms with Gasteiger partial charge in [0, 0.05) is 12.6 Å². The molecule has 1 saturated heterocycles. The molecule has 1 aromatic rings. The molecule has 2 rings (SSSR count). The van der Waals surface area contributed by atoms with Gasteiger partial charge in [-0.2, -0.15) is 4.98 Å². The molecule has 18 heavy (non-hydrogen) atoms. The Balaban J connectivity index is 2.16. The average molecular weight is 257 g/mol. The lowest BCUT2D eigenvalue weighted by Gasteiger charge is -2.21. The Morgan fingerprint density at radius 3 is 3.06 bits per heavy atom. The van der Waals surface area contributed by atoms with E-state index in [0.29, 0.717) is 0 Å². The van der Waals surface area contributed by atoms with E-state index in [0.717, 1.165) is 0 Å². The van der Waals surface area contributed by atoms with E-state index in [1.54, 1.807) is 0 Å². The van der Waals surface area contributed by atoms with Crippen LogP contribution in [0.1, 0.15) is 13.3 Å². The van der Waals surface area contributed by atoms with Crippen molar-refractivity contribution in [1.29, 1.82) is 0 Å². The zero-order valence-electron chi connectivity index (χ0n) is 10.0. The number of nitrogens with two attached hydrogens (primary N) is 1.